The number of carbonyl (C=O) groups is 1. The lowest BCUT2D eigenvalue weighted by Gasteiger charge is -2.56. The third-order valence-electron chi connectivity index (χ3n) is 7.64. The van der Waals surface area contributed by atoms with Crippen LogP contribution in [-0.4, -0.2) is 57.2 Å². The van der Waals surface area contributed by atoms with E-state index in [0.717, 1.165) is 64.7 Å². The molecule has 176 valence electrons. The fourth-order valence-corrected chi connectivity index (χ4v) is 7.73. The first-order chi connectivity index (χ1) is 14.9. The van der Waals surface area contributed by atoms with Crippen LogP contribution in [0, 0.1) is 23.2 Å². The van der Waals surface area contributed by atoms with Gasteiger partial charge < -0.3 is 14.4 Å². The van der Waals surface area contributed by atoms with E-state index in [1.54, 1.807) is 25.6 Å². The average Bonchev–Trinajstić information content (AvgIpc) is 3.17. The van der Waals surface area contributed by atoms with Crippen LogP contribution in [0.1, 0.15) is 38.5 Å². The van der Waals surface area contributed by atoms with Crippen molar-refractivity contribution in [3.05, 3.63) is 12.1 Å². The molecule has 0 N–H and O–H groups in total. The number of nitrogens with zero attached hydrogens (tertiary/aromatic N) is 3. The van der Waals surface area contributed by atoms with Crippen LogP contribution in [0.5, 0.6) is 11.5 Å². The Kier molecular flexibility index (Phi) is 6.63. The second-order valence-electron chi connectivity index (χ2n) is 10.1. The summed E-state index contributed by atoms with van der Waals surface area (Å²) in [5.74, 6) is 4.00. The summed E-state index contributed by atoms with van der Waals surface area (Å²) in [7, 11) is 7.44. The maximum absolute atomic E-state index is 14.2. The summed E-state index contributed by atoms with van der Waals surface area (Å²) < 4.78 is 12.1. The molecule has 1 heterocycles. The van der Waals surface area contributed by atoms with E-state index in [1.165, 1.54) is 19.3 Å². The van der Waals surface area contributed by atoms with Crippen LogP contribution in [0.15, 0.2) is 12.1 Å². The molecule has 4 fully saturated rings. The zero-order valence-electron chi connectivity index (χ0n) is 19.4. The van der Waals surface area contributed by atoms with E-state index in [0.29, 0.717) is 18.2 Å². The van der Waals surface area contributed by atoms with Gasteiger partial charge in [0.1, 0.15) is 21.7 Å². The Hall–Kier alpha value is -1.57. The number of aromatic nitrogens is 1. The fraction of sp³-hybridized carbons (Fsp3) is 0.667. The van der Waals surface area contributed by atoms with Crippen LogP contribution in [0.2, 0.25) is 0 Å². The molecule has 6 rings (SSSR count). The Morgan fingerprint density at radius 1 is 1.03 bits per heavy atom. The number of thiazole rings is 1. The maximum Gasteiger partial charge on any atom is 0.235 e. The van der Waals surface area contributed by atoms with E-state index in [2.05, 4.69) is 19.0 Å². The maximum atomic E-state index is 14.2. The predicted octanol–water partition coefficient (Wildman–Crippen LogP) is 4.85. The van der Waals surface area contributed by atoms with Gasteiger partial charge in [0, 0.05) is 13.1 Å². The number of ether oxygens (including phenoxy) is 2. The molecule has 0 aliphatic heterocycles. The molecular formula is C24H34ClN3O3S. The largest absolute Gasteiger partial charge is 0.495 e. The summed E-state index contributed by atoms with van der Waals surface area (Å²) in [5.41, 5.74) is 0.586. The summed E-state index contributed by atoms with van der Waals surface area (Å²) in [6.45, 7) is 1.46. The van der Waals surface area contributed by atoms with Gasteiger partial charge in [0.25, 0.3) is 0 Å². The Morgan fingerprint density at radius 3 is 2.12 bits per heavy atom. The van der Waals surface area contributed by atoms with Crippen LogP contribution in [0.4, 0.5) is 5.13 Å². The smallest absolute Gasteiger partial charge is 0.235 e. The van der Waals surface area contributed by atoms with Crippen LogP contribution in [-0.2, 0) is 4.79 Å². The first kappa shape index (κ1) is 23.6. The second-order valence-corrected chi connectivity index (χ2v) is 11.1. The highest BCUT2D eigenvalue weighted by Crippen LogP contribution is 2.61. The molecule has 1 amide bonds. The molecule has 8 heteroatoms. The highest BCUT2D eigenvalue weighted by molar-refractivity contribution is 7.22. The van der Waals surface area contributed by atoms with Gasteiger partial charge in [-0.1, -0.05) is 11.3 Å². The number of hydrogen-bond donors (Lipinski definition) is 0. The number of rotatable bonds is 7. The SMILES string of the molecule is COc1ccc(OC)c2sc(N(CCN(C)C)C(=O)C34CC5CC(CC(C5)C3)C4)nc12.Cl. The molecule has 1 aromatic heterocycles. The predicted molar refractivity (Wildman–Crippen MR) is 131 cm³/mol. The number of anilines is 1. The first-order valence-electron chi connectivity index (χ1n) is 11.4. The molecule has 6 nitrogen and oxygen atoms in total. The van der Waals surface area contributed by atoms with Crippen molar-refractivity contribution in [1.29, 1.82) is 0 Å². The number of carbonyl (C=O) groups excluding carboxylic acids is 1. The van der Waals surface area contributed by atoms with E-state index < -0.39 is 0 Å². The van der Waals surface area contributed by atoms with Crippen molar-refractivity contribution in [1.82, 2.24) is 9.88 Å². The Morgan fingerprint density at radius 2 is 1.59 bits per heavy atom. The molecule has 0 unspecified atom stereocenters. The Labute approximate surface area is 200 Å². The molecule has 1 aromatic carbocycles. The van der Waals surface area contributed by atoms with E-state index in [9.17, 15) is 4.79 Å². The minimum Gasteiger partial charge on any atom is -0.495 e. The van der Waals surface area contributed by atoms with Crippen molar-refractivity contribution in [2.24, 2.45) is 23.2 Å². The van der Waals surface area contributed by atoms with E-state index in [1.807, 2.05) is 17.0 Å². The van der Waals surface area contributed by atoms with Crippen LogP contribution < -0.4 is 14.4 Å². The van der Waals surface area contributed by atoms with E-state index in [-0.39, 0.29) is 17.8 Å². The van der Waals surface area contributed by atoms with Crippen molar-refractivity contribution < 1.29 is 14.3 Å². The third kappa shape index (κ3) is 3.97. The molecule has 0 radical (unpaired) electrons. The van der Waals surface area contributed by atoms with Crippen molar-refractivity contribution in [3.63, 3.8) is 0 Å². The number of halogens is 1. The van der Waals surface area contributed by atoms with Crippen LogP contribution in [0.3, 0.4) is 0 Å². The topological polar surface area (TPSA) is 54.9 Å². The monoisotopic (exact) mass is 479 g/mol. The number of hydrogen-bond acceptors (Lipinski definition) is 6. The fourth-order valence-electron chi connectivity index (χ4n) is 6.63. The molecular weight excluding hydrogens is 446 g/mol. The van der Waals surface area contributed by atoms with Crippen molar-refractivity contribution in [3.8, 4) is 11.5 Å². The lowest BCUT2D eigenvalue weighted by molar-refractivity contribution is -0.143. The Bertz CT molecular complexity index is 916. The van der Waals surface area contributed by atoms with Crippen molar-refractivity contribution in [2.75, 3.05) is 46.3 Å². The molecule has 2 aromatic rings. The van der Waals surface area contributed by atoms with Crippen LogP contribution >= 0.6 is 23.7 Å². The summed E-state index contributed by atoms with van der Waals surface area (Å²) in [4.78, 5) is 23.2. The quantitative estimate of drug-likeness (QED) is 0.568. The number of methoxy groups -OCH3 is 2. The Balaban J connectivity index is 0.00000245. The second kappa shape index (κ2) is 8.99. The molecule has 4 aliphatic carbocycles. The zero-order chi connectivity index (χ0) is 21.8. The molecule has 0 atom stereocenters. The molecule has 4 saturated carbocycles. The van der Waals surface area contributed by atoms with Gasteiger partial charge in [-0.2, -0.15) is 0 Å². The van der Waals surface area contributed by atoms with Gasteiger partial charge in [0.05, 0.1) is 19.6 Å². The third-order valence-corrected chi connectivity index (χ3v) is 8.73. The molecule has 4 bridgehead atoms. The average molecular weight is 480 g/mol. The minimum absolute atomic E-state index is 0. The molecule has 0 spiro atoms. The van der Waals surface area contributed by atoms with E-state index in [4.69, 9.17) is 14.5 Å². The summed E-state index contributed by atoms with van der Waals surface area (Å²) in [5, 5.41) is 0.764. The molecule has 4 aliphatic rings. The number of benzene rings is 1. The number of amides is 1. The van der Waals surface area contributed by atoms with Gasteiger partial charge in [-0.15, -0.1) is 12.4 Å². The summed E-state index contributed by atoms with van der Waals surface area (Å²) in [6.07, 6.45) is 7.19. The van der Waals surface area contributed by atoms with Gasteiger partial charge >= 0.3 is 0 Å². The van der Waals surface area contributed by atoms with Crippen LogP contribution in [0.25, 0.3) is 10.2 Å². The number of likely N-dealkylation sites (N-methyl/N-ethyl adjacent to an activating group) is 1. The van der Waals surface area contributed by atoms with Gasteiger partial charge in [-0.25, -0.2) is 4.98 Å². The van der Waals surface area contributed by atoms with E-state index >= 15 is 0 Å². The first-order valence-corrected chi connectivity index (χ1v) is 12.2. The molecule has 32 heavy (non-hydrogen) atoms. The van der Waals surface area contributed by atoms with Gasteiger partial charge in [-0.3, -0.25) is 9.69 Å². The van der Waals surface area contributed by atoms with Crippen molar-refractivity contribution >= 4 is 45.0 Å². The minimum atomic E-state index is -0.187. The van der Waals surface area contributed by atoms with Gasteiger partial charge in [0.15, 0.2) is 5.13 Å². The van der Waals surface area contributed by atoms with Gasteiger partial charge in [0.2, 0.25) is 5.91 Å². The highest BCUT2D eigenvalue weighted by Gasteiger charge is 2.56. The van der Waals surface area contributed by atoms with Gasteiger partial charge in [-0.05, 0) is 82.5 Å². The summed E-state index contributed by atoms with van der Waals surface area (Å²) in [6, 6.07) is 3.80. The molecule has 0 saturated heterocycles. The van der Waals surface area contributed by atoms with Crippen molar-refractivity contribution in [2.45, 2.75) is 38.5 Å². The lowest BCUT2D eigenvalue weighted by atomic mass is 9.49. The normalized spacial score (nSPS) is 28.1. The standard InChI is InChI=1S/C24H33N3O3S.ClH/c1-26(2)7-8-27(22(28)24-12-15-9-16(13-24)11-17(10-15)14-24)23-25-20-18(29-3)5-6-19(30-4)21(20)31-23;/h5-6,15-17H,7-14H2,1-4H3;1H. The number of fused-ring (bicyclic) bond motifs is 1. The summed E-state index contributed by atoms with van der Waals surface area (Å²) >= 11 is 1.54. The lowest BCUT2D eigenvalue weighted by Crippen LogP contribution is -2.55. The highest BCUT2D eigenvalue weighted by atomic mass is 35.5. The zero-order valence-corrected chi connectivity index (χ0v) is 21.1.